The molecule has 2 aliphatic heterocycles. The topological polar surface area (TPSA) is 439 Å². The summed E-state index contributed by atoms with van der Waals surface area (Å²) < 4.78 is 22.0. The molecule has 96 heavy (non-hydrogen) atoms. The predicted molar refractivity (Wildman–Crippen MR) is 325 cm³/mol. The van der Waals surface area contributed by atoms with Crippen molar-refractivity contribution in [3.8, 4) is 11.5 Å². The van der Waals surface area contributed by atoms with Crippen LogP contribution in [0.1, 0.15) is 63.5 Å². The van der Waals surface area contributed by atoms with Crippen LogP contribution < -0.4 is 40.1 Å². The Labute approximate surface area is 625 Å². The van der Waals surface area contributed by atoms with Gasteiger partial charge in [-0.25, -0.2) is 0 Å². The van der Waals surface area contributed by atoms with Crippen molar-refractivity contribution in [3.63, 3.8) is 0 Å². The molecule has 2 radical (unpaired) electrons. The zero-order chi connectivity index (χ0) is 69.4. The molecule has 0 saturated carbocycles. The Morgan fingerprint density at radius 3 is 0.958 bits per heavy atom. The van der Waals surface area contributed by atoms with Crippen LogP contribution >= 0.6 is 0 Å². The third kappa shape index (κ3) is 36.3. The molecule has 2 aromatic rings. The van der Waals surface area contributed by atoms with E-state index in [2.05, 4.69) is 6.92 Å². The van der Waals surface area contributed by atoms with E-state index in [0.717, 1.165) is 29.7 Å². The molecule has 542 valence electrons. The van der Waals surface area contributed by atoms with Crippen LogP contribution in [0.2, 0.25) is 0 Å². The van der Waals surface area contributed by atoms with Crippen LogP contribution in [0.3, 0.4) is 0 Å². The van der Waals surface area contributed by atoms with Crippen molar-refractivity contribution in [1.82, 2.24) is 39.2 Å². The second-order valence-corrected chi connectivity index (χ2v) is 22.8. The molecule has 5 N–H and O–H groups in total. The van der Waals surface area contributed by atoms with Gasteiger partial charge in [-0.15, -0.1) is 0 Å². The van der Waals surface area contributed by atoms with Gasteiger partial charge >= 0.3 is 91.8 Å². The Balaban J connectivity index is 0.000000960. The maximum Gasteiger partial charge on any atom is 3.00 e. The maximum atomic E-state index is 12.7. The maximum absolute atomic E-state index is 12.7. The Morgan fingerprint density at radius 2 is 0.677 bits per heavy atom. The number of unbranched alkanes of at least 4 members (excludes halogenated alkanes) is 1. The van der Waals surface area contributed by atoms with Crippen molar-refractivity contribution in [1.29, 1.82) is 0 Å². The second-order valence-electron chi connectivity index (χ2n) is 22.8. The van der Waals surface area contributed by atoms with E-state index in [1.807, 2.05) is 55.5 Å². The number of aliphatic hydroxyl groups is 3. The van der Waals surface area contributed by atoms with Crippen LogP contribution in [0.5, 0.6) is 11.5 Å². The van der Waals surface area contributed by atoms with Crippen molar-refractivity contribution in [2.75, 3.05) is 184 Å². The molecule has 2 fully saturated rings. The molecule has 0 unspecified atom stereocenters. The van der Waals surface area contributed by atoms with Gasteiger partial charge in [0.1, 0.15) is 30.2 Å². The number of aryl methyl sites for hydroxylation is 2. The van der Waals surface area contributed by atoms with Gasteiger partial charge in [0.2, 0.25) is 0 Å². The van der Waals surface area contributed by atoms with Gasteiger partial charge in [0.05, 0.1) is 100 Å². The Bertz CT molecular complexity index is 2480. The zero-order valence-electron chi connectivity index (χ0n) is 54.8. The van der Waals surface area contributed by atoms with Crippen LogP contribution in [0.15, 0.2) is 48.5 Å². The average molecular weight is 1650 g/mol. The van der Waals surface area contributed by atoms with E-state index in [0.29, 0.717) is 77.5 Å². The van der Waals surface area contributed by atoms with E-state index in [1.54, 1.807) is 24.5 Å². The number of carboxylic acid groups (broad SMARTS) is 8. The number of carboxylic acids is 8. The molecule has 2 heterocycles. The molecule has 2 aromatic carbocycles. The van der Waals surface area contributed by atoms with Gasteiger partial charge in [-0.05, 0) is 87.3 Å². The van der Waals surface area contributed by atoms with Gasteiger partial charge in [0.25, 0.3) is 0 Å². The van der Waals surface area contributed by atoms with E-state index >= 15 is 0 Å². The molecule has 0 spiro atoms. The zero-order valence-corrected chi connectivity index (χ0v) is 59.4. The first-order valence-corrected chi connectivity index (χ1v) is 32.0. The molecule has 0 bridgehead atoms. The fourth-order valence-electron chi connectivity index (χ4n) is 11.0. The number of ether oxygens (including phenoxy) is 4. The normalized spacial score (nSPS) is 17.6. The van der Waals surface area contributed by atoms with E-state index < -0.39 is 97.8 Å². The first-order chi connectivity index (χ1) is 45.0. The summed E-state index contributed by atoms with van der Waals surface area (Å²) in [7, 11) is 0. The standard InChI is InChI=1S/C34H56N4O14.C29H46N4O9.2Gd/c1-2-50-18-19-51-20-21-52-26-8-6-25(7-9-26)4-3-5-27(31(42)43)35-10-12-36(28(22-39)32(44)45)14-16-38(30(24-41)34(48)49)17-15-37(13-11-35)29(23-40)33(46)47;1-2-3-19-42-24-9-7-23(8-10-24)5-4-6-25(29(40)41)33-17-15-31(21-27(36)37)13-11-30(20-26(34)35)12-14-32(16-18-33)22-28(38)39;;/h6-9,27-30,39-41H,2-5,10-24H2,1H3,(H,42,43)(H,44,45)(H,46,47)(H,48,49);7-10,25H,2-6,11-22H2,1H3,(H,34,35)(H,36,37)(H,38,39)(H,40,41);;/q;;2*+3/p-6/t27-,28-,29-,30-;25-;;/m00../s1. The molecule has 0 amide bonds. The third-order valence-electron chi connectivity index (χ3n) is 16.3. The summed E-state index contributed by atoms with van der Waals surface area (Å²) in [5.41, 5.74) is 1.99. The summed E-state index contributed by atoms with van der Waals surface area (Å²) in [5, 5.41) is 120. The summed E-state index contributed by atoms with van der Waals surface area (Å²) in [4.78, 5) is 107. The third-order valence-corrected chi connectivity index (χ3v) is 16.3. The Kier molecular flexibility index (Phi) is 48.7. The SMILES string of the molecule is CCCCOc1ccc(CCC[C@@H](C(=O)O)N2CCN(CC(=O)[O-])CCN(CC(=O)[O-])CCN(CC(=O)[O-])CC2)cc1.CCOCCOCCOc1ccc(CCC[C@@H](C(=O)O)N2CCN([C@@H](CO)C(=O)[O-])CCN([C@@H](CO)C(=O)[O-])CCN([C@@H](CO)C(=O)[O-])CC2)cc1.[Gd+3].[Gd+3]. The van der Waals surface area contributed by atoms with Crippen LogP contribution in [-0.4, -0.2) is 327 Å². The van der Waals surface area contributed by atoms with Crippen molar-refractivity contribution in [3.05, 3.63) is 59.7 Å². The molecule has 2 saturated heterocycles. The second kappa shape index (κ2) is 52.0. The summed E-state index contributed by atoms with van der Waals surface area (Å²) in [6, 6.07) is 8.65. The van der Waals surface area contributed by atoms with Crippen LogP contribution in [0.4, 0.5) is 0 Å². The van der Waals surface area contributed by atoms with Crippen LogP contribution in [0.25, 0.3) is 0 Å². The molecule has 33 heteroatoms. The van der Waals surface area contributed by atoms with Gasteiger partial charge < -0.3 is 104 Å². The van der Waals surface area contributed by atoms with Crippen molar-refractivity contribution in [2.24, 2.45) is 0 Å². The predicted octanol–water partition coefficient (Wildman–Crippen LogP) is -8.44. The number of aliphatic carboxylic acids is 8. The number of aliphatic hydroxyl groups excluding tert-OH is 3. The first kappa shape index (κ1) is 89.9. The number of rotatable bonds is 39. The Hall–Kier alpha value is -4.07. The summed E-state index contributed by atoms with van der Waals surface area (Å²) >= 11 is 0. The molecule has 0 aliphatic carbocycles. The quantitative estimate of drug-likeness (QED) is 0.0388. The fourth-order valence-corrected chi connectivity index (χ4v) is 11.0. The smallest absolute Gasteiger partial charge is 0.549 e. The average Bonchev–Trinajstić information content (AvgIpc) is 0.959. The van der Waals surface area contributed by atoms with E-state index in [1.165, 1.54) is 14.7 Å². The molecular weight excluding hydrogens is 1550 g/mol. The number of carbonyl (C=O) groups is 8. The van der Waals surface area contributed by atoms with E-state index in [4.69, 9.17) is 18.9 Å². The van der Waals surface area contributed by atoms with Crippen LogP contribution in [0, 0.1) is 79.9 Å². The molecule has 31 nitrogen and oxygen atoms in total. The van der Waals surface area contributed by atoms with E-state index in [-0.39, 0.29) is 211 Å². The number of benzene rings is 2. The number of hydrogen-bond acceptors (Lipinski definition) is 29. The first-order valence-electron chi connectivity index (χ1n) is 32.0. The molecular formula is C63H96Gd2N8O23. The summed E-state index contributed by atoms with van der Waals surface area (Å²) in [6.07, 6.45) is 4.78. The van der Waals surface area contributed by atoms with Crippen molar-refractivity contribution >= 4 is 47.8 Å². The summed E-state index contributed by atoms with van der Waals surface area (Å²) in [5.74, 6) is -9.40. The number of nitrogens with zero attached hydrogens (tertiary/aromatic N) is 8. The summed E-state index contributed by atoms with van der Waals surface area (Å²) in [6.45, 7) is 4.17. The Morgan fingerprint density at radius 1 is 0.396 bits per heavy atom. The van der Waals surface area contributed by atoms with Gasteiger partial charge in [-0.2, -0.15) is 0 Å². The van der Waals surface area contributed by atoms with Crippen LogP contribution in [-0.2, 0) is 60.7 Å². The van der Waals surface area contributed by atoms with Gasteiger partial charge in [-0.1, -0.05) is 37.6 Å². The van der Waals surface area contributed by atoms with Crippen molar-refractivity contribution in [2.45, 2.75) is 95.4 Å². The molecule has 5 atom stereocenters. The van der Waals surface area contributed by atoms with Gasteiger partial charge in [0, 0.05) is 131 Å². The minimum absolute atomic E-state index is 0. The fraction of sp³-hybridized carbons (Fsp3) is 0.683. The van der Waals surface area contributed by atoms with Gasteiger partial charge in [-0.3, -0.25) is 48.8 Å². The monoisotopic (exact) mass is 1650 g/mol. The van der Waals surface area contributed by atoms with Gasteiger partial charge in [0.15, 0.2) is 0 Å². The van der Waals surface area contributed by atoms with E-state index in [9.17, 15) is 94.5 Å². The molecule has 2 aliphatic rings. The largest absolute Gasteiger partial charge is 3.00 e. The number of hydrogen-bond donors (Lipinski definition) is 5. The molecule has 4 rings (SSSR count). The molecule has 0 aromatic heterocycles. The minimum atomic E-state index is -1.61. The van der Waals surface area contributed by atoms with Crippen molar-refractivity contribution < 1.29 is 193 Å². The minimum Gasteiger partial charge on any atom is -0.549 e. The number of carbonyl (C=O) groups excluding carboxylic acids is 6.